The van der Waals surface area contributed by atoms with Crippen LogP contribution in [0.3, 0.4) is 0 Å². The van der Waals surface area contributed by atoms with Gasteiger partial charge in [-0.2, -0.15) is 0 Å². The van der Waals surface area contributed by atoms with E-state index in [-0.39, 0.29) is 17.8 Å². The smallest absolute Gasteiger partial charge is 0.227 e. The molecule has 1 aromatic heterocycles. The van der Waals surface area contributed by atoms with E-state index in [2.05, 4.69) is 20.3 Å². The quantitative estimate of drug-likeness (QED) is 0.265. The number of benzene rings is 3. The van der Waals surface area contributed by atoms with Gasteiger partial charge in [-0.25, -0.2) is 23.7 Å². The monoisotopic (exact) mass is 488 g/mol. The fourth-order valence-electron chi connectivity index (χ4n) is 3.87. The van der Waals surface area contributed by atoms with Crippen LogP contribution in [0.5, 0.6) is 0 Å². The highest BCUT2D eigenvalue weighted by molar-refractivity contribution is 6.31. The highest BCUT2D eigenvalue weighted by Gasteiger charge is 2.25. The second kappa shape index (κ2) is 9.23. The summed E-state index contributed by atoms with van der Waals surface area (Å²) in [5.74, 6) is -0.579. The van der Waals surface area contributed by atoms with Crippen LogP contribution in [0.1, 0.15) is 23.6 Å². The van der Waals surface area contributed by atoms with E-state index in [0.717, 1.165) is 11.4 Å². The molecule has 0 amide bonds. The first-order chi connectivity index (χ1) is 16.9. The van der Waals surface area contributed by atoms with Crippen LogP contribution < -0.4 is 11.1 Å². The SMILES string of the molecule is CC(N)=Nc1ccc(Nc2ncc3c(n2)-c2ccc(Cl)cc2C(c2c(F)cccc2F)=NC3)cc1. The summed E-state index contributed by atoms with van der Waals surface area (Å²) in [5.41, 5.74) is 9.55. The van der Waals surface area contributed by atoms with Crippen molar-refractivity contribution in [2.24, 2.45) is 15.7 Å². The number of halogens is 3. The Labute approximate surface area is 205 Å². The number of nitrogens with two attached hydrogens (primary N) is 1. The summed E-state index contributed by atoms with van der Waals surface area (Å²) in [6, 6.07) is 16.2. The largest absolute Gasteiger partial charge is 0.387 e. The molecule has 0 radical (unpaired) electrons. The van der Waals surface area contributed by atoms with Gasteiger partial charge in [0.25, 0.3) is 0 Å². The van der Waals surface area contributed by atoms with Gasteiger partial charge in [-0.05, 0) is 55.5 Å². The number of hydrogen-bond donors (Lipinski definition) is 2. The number of nitrogens with one attached hydrogen (secondary N) is 1. The van der Waals surface area contributed by atoms with Crippen molar-refractivity contribution in [3.8, 4) is 11.3 Å². The maximum Gasteiger partial charge on any atom is 0.227 e. The number of rotatable bonds is 4. The first kappa shape index (κ1) is 22.6. The Morgan fingerprint density at radius 3 is 2.49 bits per heavy atom. The minimum atomic E-state index is -0.702. The molecule has 0 atom stereocenters. The summed E-state index contributed by atoms with van der Waals surface area (Å²) < 4.78 is 29.4. The van der Waals surface area contributed by atoms with Crippen molar-refractivity contribution in [3.63, 3.8) is 0 Å². The Morgan fingerprint density at radius 2 is 1.77 bits per heavy atom. The van der Waals surface area contributed by atoms with Crippen LogP contribution in [-0.4, -0.2) is 21.5 Å². The van der Waals surface area contributed by atoms with Crippen LogP contribution in [0.15, 0.2) is 76.8 Å². The van der Waals surface area contributed by atoms with Gasteiger partial charge < -0.3 is 11.1 Å². The number of nitrogens with zero attached hydrogens (tertiary/aromatic N) is 4. The summed E-state index contributed by atoms with van der Waals surface area (Å²) in [6.07, 6.45) is 1.66. The molecule has 0 saturated carbocycles. The standard InChI is InChI=1S/C26H19ClF2N6/c1-14(30)33-17-6-8-18(9-7-17)34-26-32-13-15-12-31-25(23-21(28)3-2-4-22(23)29)20-11-16(27)5-10-19(20)24(15)35-26/h2-11,13H,12H2,1H3,(H2,30,33)(H,32,34,35). The van der Waals surface area contributed by atoms with Crippen molar-refractivity contribution in [2.45, 2.75) is 13.5 Å². The number of aliphatic imine (C=N–C) groups is 2. The lowest BCUT2D eigenvalue weighted by Crippen LogP contribution is -2.10. The van der Waals surface area contributed by atoms with Crippen LogP contribution in [-0.2, 0) is 6.54 Å². The molecule has 5 rings (SSSR count). The zero-order chi connectivity index (χ0) is 24.5. The second-order valence-corrected chi connectivity index (χ2v) is 8.38. The third-order valence-corrected chi connectivity index (χ3v) is 5.63. The van der Waals surface area contributed by atoms with E-state index in [1.54, 1.807) is 31.3 Å². The average molecular weight is 489 g/mol. The van der Waals surface area contributed by atoms with Crippen molar-refractivity contribution < 1.29 is 8.78 Å². The van der Waals surface area contributed by atoms with Crippen LogP contribution in [0, 0.1) is 11.6 Å². The minimum Gasteiger partial charge on any atom is -0.387 e. The van der Waals surface area contributed by atoms with Crippen molar-refractivity contribution in [1.82, 2.24) is 9.97 Å². The molecule has 0 spiro atoms. The second-order valence-electron chi connectivity index (χ2n) is 7.94. The van der Waals surface area contributed by atoms with E-state index in [0.29, 0.717) is 39.2 Å². The van der Waals surface area contributed by atoms with E-state index in [4.69, 9.17) is 22.3 Å². The summed E-state index contributed by atoms with van der Waals surface area (Å²) in [7, 11) is 0. The number of amidine groups is 1. The van der Waals surface area contributed by atoms with Gasteiger partial charge >= 0.3 is 0 Å². The van der Waals surface area contributed by atoms with Crippen molar-refractivity contribution in [3.05, 3.63) is 100 Å². The summed E-state index contributed by atoms with van der Waals surface area (Å²) >= 11 is 6.27. The Bertz CT molecular complexity index is 1470. The predicted octanol–water partition coefficient (Wildman–Crippen LogP) is 6.18. The maximum absolute atomic E-state index is 14.7. The predicted molar refractivity (Wildman–Crippen MR) is 135 cm³/mol. The molecule has 0 bridgehead atoms. The van der Waals surface area contributed by atoms with Crippen LogP contribution >= 0.6 is 11.6 Å². The maximum atomic E-state index is 14.7. The van der Waals surface area contributed by atoms with Crippen LogP contribution in [0.2, 0.25) is 5.02 Å². The highest BCUT2D eigenvalue weighted by atomic mass is 35.5. The number of fused-ring (bicyclic) bond motifs is 3. The molecule has 1 aliphatic heterocycles. The van der Waals surface area contributed by atoms with Gasteiger partial charge in [0.1, 0.15) is 11.6 Å². The first-order valence-corrected chi connectivity index (χ1v) is 11.1. The lowest BCUT2D eigenvalue weighted by molar-refractivity contribution is 0.579. The average Bonchev–Trinajstić information content (AvgIpc) is 2.97. The fraction of sp³-hybridized carbons (Fsp3) is 0.0769. The summed E-state index contributed by atoms with van der Waals surface area (Å²) in [6.45, 7) is 1.87. The number of hydrogen-bond acceptors (Lipinski definition) is 5. The molecule has 0 unspecified atom stereocenters. The molecule has 0 fully saturated rings. The van der Waals surface area contributed by atoms with Gasteiger partial charge in [0.05, 0.1) is 35.0 Å². The third kappa shape index (κ3) is 4.61. The molecule has 0 saturated heterocycles. The molecule has 1 aliphatic rings. The summed E-state index contributed by atoms with van der Waals surface area (Å²) in [5, 5.41) is 3.59. The normalized spacial score (nSPS) is 12.9. The van der Waals surface area contributed by atoms with Gasteiger partial charge in [0.15, 0.2) is 0 Å². The van der Waals surface area contributed by atoms with Gasteiger partial charge in [-0.3, -0.25) is 4.99 Å². The van der Waals surface area contributed by atoms with Crippen LogP contribution in [0.4, 0.5) is 26.1 Å². The van der Waals surface area contributed by atoms with E-state index in [1.165, 1.54) is 18.2 Å². The Morgan fingerprint density at radius 1 is 1.03 bits per heavy atom. The number of aromatic nitrogens is 2. The molecule has 9 heteroatoms. The molecule has 6 nitrogen and oxygen atoms in total. The highest BCUT2D eigenvalue weighted by Crippen LogP contribution is 2.34. The molecule has 0 aliphatic carbocycles. The molecule has 35 heavy (non-hydrogen) atoms. The molecule has 3 aromatic carbocycles. The topological polar surface area (TPSA) is 88.5 Å². The summed E-state index contributed by atoms with van der Waals surface area (Å²) in [4.78, 5) is 17.9. The van der Waals surface area contributed by atoms with E-state index in [9.17, 15) is 8.78 Å². The lowest BCUT2D eigenvalue weighted by Gasteiger charge is -2.13. The Kier molecular flexibility index (Phi) is 5.96. The van der Waals surface area contributed by atoms with Gasteiger partial charge in [0, 0.05) is 33.6 Å². The van der Waals surface area contributed by atoms with E-state index < -0.39 is 11.6 Å². The zero-order valence-electron chi connectivity index (χ0n) is 18.6. The zero-order valence-corrected chi connectivity index (χ0v) is 19.3. The molecule has 4 aromatic rings. The lowest BCUT2D eigenvalue weighted by atomic mass is 9.95. The van der Waals surface area contributed by atoms with E-state index in [1.807, 2.05) is 24.3 Å². The Balaban J connectivity index is 1.56. The van der Waals surface area contributed by atoms with Crippen molar-refractivity contribution >= 4 is 40.5 Å². The van der Waals surface area contributed by atoms with Gasteiger partial charge in [0.2, 0.25) is 5.95 Å². The van der Waals surface area contributed by atoms with Gasteiger partial charge in [-0.1, -0.05) is 23.7 Å². The molecular formula is C26H19ClF2N6. The molecule has 3 N–H and O–H groups in total. The molecule has 174 valence electrons. The first-order valence-electron chi connectivity index (χ1n) is 10.7. The van der Waals surface area contributed by atoms with Crippen molar-refractivity contribution in [2.75, 3.05) is 5.32 Å². The number of anilines is 2. The van der Waals surface area contributed by atoms with Crippen molar-refractivity contribution in [1.29, 1.82) is 0 Å². The Hall–Kier alpha value is -4.17. The minimum absolute atomic E-state index is 0.149. The third-order valence-electron chi connectivity index (χ3n) is 5.39. The van der Waals surface area contributed by atoms with Gasteiger partial charge in [-0.15, -0.1) is 0 Å². The fourth-order valence-corrected chi connectivity index (χ4v) is 4.05. The van der Waals surface area contributed by atoms with Crippen LogP contribution in [0.25, 0.3) is 11.3 Å². The molecule has 2 heterocycles. The van der Waals surface area contributed by atoms with E-state index >= 15 is 0 Å². The molecular weight excluding hydrogens is 470 g/mol.